The van der Waals surface area contributed by atoms with E-state index in [9.17, 15) is 19.4 Å². The molecular formula is C72H123N2O6P. The molecule has 3 unspecified atom stereocenters. The third-order valence-electron chi connectivity index (χ3n) is 13.8. The number of allylic oxidation sites excluding steroid dienone is 24. The maximum Gasteiger partial charge on any atom is 0.268 e. The van der Waals surface area contributed by atoms with Crippen LogP contribution < -0.4 is 10.2 Å². The van der Waals surface area contributed by atoms with Crippen LogP contribution in [0.3, 0.4) is 0 Å². The lowest BCUT2D eigenvalue weighted by Gasteiger charge is -2.30. The topological polar surface area (TPSA) is 108 Å². The molecule has 0 heterocycles. The Bertz CT molecular complexity index is 1830. The second-order valence-corrected chi connectivity index (χ2v) is 24.2. The lowest BCUT2D eigenvalue weighted by atomic mass is 10.0. The van der Waals surface area contributed by atoms with Crippen molar-refractivity contribution >= 4 is 13.7 Å². The summed E-state index contributed by atoms with van der Waals surface area (Å²) in [6.45, 7) is 4.58. The first kappa shape index (κ1) is 77.4. The van der Waals surface area contributed by atoms with E-state index in [1.807, 2.05) is 21.1 Å². The van der Waals surface area contributed by atoms with E-state index in [0.717, 1.165) is 109 Å². The van der Waals surface area contributed by atoms with Crippen molar-refractivity contribution in [3.05, 3.63) is 146 Å². The summed E-state index contributed by atoms with van der Waals surface area (Å²) in [5.74, 6) is -0.211. The minimum atomic E-state index is -4.60. The number of amides is 1. The summed E-state index contributed by atoms with van der Waals surface area (Å²) < 4.78 is 23.4. The second kappa shape index (κ2) is 61.0. The Labute approximate surface area is 499 Å². The van der Waals surface area contributed by atoms with E-state index in [0.29, 0.717) is 30.3 Å². The molecule has 0 fully saturated rings. The fourth-order valence-corrected chi connectivity index (χ4v) is 9.51. The maximum absolute atomic E-state index is 13.0. The fourth-order valence-electron chi connectivity index (χ4n) is 8.79. The van der Waals surface area contributed by atoms with Crippen molar-refractivity contribution < 1.29 is 32.9 Å². The number of carbonyl (C=O) groups is 1. The van der Waals surface area contributed by atoms with Gasteiger partial charge in [0.2, 0.25) is 5.91 Å². The molecule has 0 aromatic rings. The Balaban J connectivity index is 4.23. The molecule has 462 valence electrons. The average Bonchev–Trinajstić information content (AvgIpc) is 3.43. The molecule has 0 radical (unpaired) electrons. The monoisotopic (exact) mass is 1140 g/mol. The van der Waals surface area contributed by atoms with E-state index in [2.05, 4.69) is 165 Å². The van der Waals surface area contributed by atoms with Gasteiger partial charge in [0.05, 0.1) is 39.9 Å². The Kier molecular flexibility index (Phi) is 58.2. The van der Waals surface area contributed by atoms with Gasteiger partial charge in [-0.05, 0) is 103 Å². The molecule has 81 heavy (non-hydrogen) atoms. The van der Waals surface area contributed by atoms with Gasteiger partial charge in [0.1, 0.15) is 13.2 Å². The van der Waals surface area contributed by atoms with E-state index in [4.69, 9.17) is 9.05 Å². The van der Waals surface area contributed by atoms with Crippen molar-refractivity contribution in [3.8, 4) is 0 Å². The van der Waals surface area contributed by atoms with Gasteiger partial charge in [0.15, 0.2) is 0 Å². The van der Waals surface area contributed by atoms with Crippen LogP contribution in [0.2, 0.25) is 0 Å². The highest BCUT2D eigenvalue weighted by Gasteiger charge is 2.24. The number of unbranched alkanes of at least 4 members (excludes halogenated alkanes) is 21. The highest BCUT2D eigenvalue weighted by Crippen LogP contribution is 2.38. The van der Waals surface area contributed by atoms with E-state index in [-0.39, 0.29) is 19.1 Å². The predicted octanol–water partition coefficient (Wildman–Crippen LogP) is 20.2. The second-order valence-electron chi connectivity index (χ2n) is 22.7. The molecule has 0 aliphatic rings. The molecule has 0 bridgehead atoms. The molecule has 9 heteroatoms. The molecule has 1 amide bonds. The first-order valence-corrected chi connectivity index (χ1v) is 34.1. The van der Waals surface area contributed by atoms with E-state index >= 15 is 0 Å². The summed E-state index contributed by atoms with van der Waals surface area (Å²) >= 11 is 0. The molecule has 0 aromatic heterocycles. The molecule has 2 N–H and O–H groups in total. The Hall–Kier alpha value is -3.62. The number of rotatable bonds is 58. The van der Waals surface area contributed by atoms with Crippen molar-refractivity contribution in [2.45, 2.75) is 264 Å². The minimum Gasteiger partial charge on any atom is -0.756 e. The zero-order valence-corrected chi connectivity index (χ0v) is 53.6. The smallest absolute Gasteiger partial charge is 0.268 e. The van der Waals surface area contributed by atoms with Gasteiger partial charge in [0, 0.05) is 6.42 Å². The van der Waals surface area contributed by atoms with Crippen molar-refractivity contribution in [1.82, 2.24) is 5.32 Å². The summed E-state index contributed by atoms with van der Waals surface area (Å²) in [6, 6.07) is -0.836. The van der Waals surface area contributed by atoms with Gasteiger partial charge in [-0.25, -0.2) is 0 Å². The number of aliphatic hydroxyl groups excluding tert-OH is 1. The molecule has 0 aliphatic carbocycles. The predicted molar refractivity (Wildman–Crippen MR) is 352 cm³/mol. The van der Waals surface area contributed by atoms with Crippen molar-refractivity contribution in [3.63, 3.8) is 0 Å². The standard InChI is InChI=1S/C72H123N2O6P/c1-6-8-10-12-14-16-18-20-22-24-26-28-29-30-31-32-33-34-35-36-37-38-39-40-41-42-43-44-45-46-48-50-52-54-56-58-60-62-64-66-72(76)73-70(69-80-81(77,78)79-68-67-74(3,4)5)71(75)65-63-61-59-57-55-53-51-49-47-27-25-23-21-19-17-15-13-11-9-7-2/h8,10,14,16,20,22,26,28,30-31,33-34,36-37,39-40,42-43,45-46,50,52,56,58,70-71,75H,6-7,9,11-13,15,17-19,21,23-25,27,29,32,35,38,41,44,47-49,51,53-55,57,59-69H2,1-5H3,(H-,73,76,77,78)/b10-8-,16-14-,22-20-,28-26-,31-30-,34-33-,37-36-,40-39-,43-42-,46-45-,52-50-,58-56-. The van der Waals surface area contributed by atoms with Gasteiger partial charge in [-0.2, -0.15) is 0 Å². The maximum atomic E-state index is 13.0. The normalized spacial score (nSPS) is 14.7. The number of carbonyl (C=O) groups excluding carboxylic acids is 1. The third-order valence-corrected chi connectivity index (χ3v) is 14.8. The Morgan fingerprint density at radius 3 is 1.07 bits per heavy atom. The number of quaternary nitrogens is 1. The van der Waals surface area contributed by atoms with Crippen molar-refractivity contribution in [2.75, 3.05) is 40.9 Å². The largest absolute Gasteiger partial charge is 0.756 e. The SMILES string of the molecule is CC/C=C\C/C=C\C/C=C\C/C=C\C/C=C\C/C=C\C/C=C\C/C=C\C/C=C\C/C=C\C/C=C\C/C=C\CCCCC(=O)NC(COP(=O)([O-])OCC[N+](C)(C)C)C(O)CCCCCCCCCCCCCCCCCCCCCC. The summed E-state index contributed by atoms with van der Waals surface area (Å²) in [4.78, 5) is 25.6. The first-order chi connectivity index (χ1) is 39.5. The van der Waals surface area contributed by atoms with Crippen LogP contribution >= 0.6 is 7.82 Å². The molecule has 0 rings (SSSR count). The number of phosphoric acid groups is 1. The van der Waals surface area contributed by atoms with Crippen LogP contribution in [0.25, 0.3) is 0 Å². The summed E-state index contributed by atoms with van der Waals surface area (Å²) in [5, 5.41) is 14.0. The Morgan fingerprint density at radius 2 is 0.753 bits per heavy atom. The van der Waals surface area contributed by atoms with Crippen LogP contribution in [-0.2, 0) is 18.4 Å². The number of nitrogens with zero attached hydrogens (tertiary/aromatic N) is 1. The zero-order valence-electron chi connectivity index (χ0n) is 52.7. The molecule has 0 aromatic carbocycles. The number of hydrogen-bond donors (Lipinski definition) is 2. The quantitative estimate of drug-likeness (QED) is 0.0272. The van der Waals surface area contributed by atoms with Gasteiger partial charge in [0.25, 0.3) is 7.82 Å². The van der Waals surface area contributed by atoms with Crippen LogP contribution in [0.4, 0.5) is 0 Å². The fraction of sp³-hybridized carbons (Fsp3) is 0.653. The molecule has 0 saturated carbocycles. The highest BCUT2D eigenvalue weighted by molar-refractivity contribution is 7.45. The van der Waals surface area contributed by atoms with Crippen LogP contribution in [0.15, 0.2) is 146 Å². The van der Waals surface area contributed by atoms with Crippen LogP contribution in [0, 0.1) is 0 Å². The van der Waals surface area contributed by atoms with E-state index in [1.165, 1.54) is 109 Å². The minimum absolute atomic E-state index is 0.00383. The van der Waals surface area contributed by atoms with Crippen LogP contribution in [0.1, 0.15) is 251 Å². The van der Waals surface area contributed by atoms with Gasteiger partial charge in [-0.1, -0.05) is 288 Å². The number of phosphoric ester groups is 1. The molecule has 0 saturated heterocycles. The summed E-state index contributed by atoms with van der Waals surface area (Å²) in [6.07, 6.45) is 93.3. The summed E-state index contributed by atoms with van der Waals surface area (Å²) in [7, 11) is 1.26. The van der Waals surface area contributed by atoms with E-state index < -0.39 is 20.0 Å². The molecule has 0 spiro atoms. The number of hydrogen-bond acceptors (Lipinski definition) is 6. The first-order valence-electron chi connectivity index (χ1n) is 32.7. The number of aliphatic hydroxyl groups is 1. The van der Waals surface area contributed by atoms with Gasteiger partial charge >= 0.3 is 0 Å². The molecule has 3 atom stereocenters. The van der Waals surface area contributed by atoms with Crippen LogP contribution in [0.5, 0.6) is 0 Å². The lowest BCUT2D eigenvalue weighted by molar-refractivity contribution is -0.870. The molecule has 0 aliphatic heterocycles. The number of nitrogens with one attached hydrogen (secondary N) is 1. The summed E-state index contributed by atoms with van der Waals surface area (Å²) in [5.41, 5.74) is 0. The van der Waals surface area contributed by atoms with E-state index in [1.54, 1.807) is 0 Å². The van der Waals surface area contributed by atoms with Gasteiger partial charge < -0.3 is 28.8 Å². The zero-order chi connectivity index (χ0) is 59.1. The van der Waals surface area contributed by atoms with Crippen molar-refractivity contribution in [2.24, 2.45) is 0 Å². The highest BCUT2D eigenvalue weighted by atomic mass is 31.2. The lowest BCUT2D eigenvalue weighted by Crippen LogP contribution is -2.46. The van der Waals surface area contributed by atoms with Gasteiger partial charge in [-0.15, -0.1) is 0 Å². The molecular weight excluding hydrogens is 1020 g/mol. The third kappa shape index (κ3) is 63.8. The molecule has 8 nitrogen and oxygen atoms in total. The van der Waals surface area contributed by atoms with Crippen molar-refractivity contribution in [1.29, 1.82) is 0 Å². The average molecular weight is 1140 g/mol. The van der Waals surface area contributed by atoms with Gasteiger partial charge in [-0.3, -0.25) is 9.36 Å². The number of likely N-dealkylation sites (N-methyl/N-ethyl adjacent to an activating group) is 1. The Morgan fingerprint density at radius 1 is 0.444 bits per heavy atom. The van der Waals surface area contributed by atoms with Crippen LogP contribution in [-0.4, -0.2) is 68.5 Å².